The van der Waals surface area contributed by atoms with E-state index < -0.39 is 0 Å². The Bertz CT molecular complexity index is 3440. The van der Waals surface area contributed by atoms with Gasteiger partial charge in [-0.15, -0.1) is 0 Å². The van der Waals surface area contributed by atoms with Gasteiger partial charge in [-0.2, -0.15) is 0 Å². The lowest BCUT2D eigenvalue weighted by Crippen LogP contribution is -1.98. The minimum atomic E-state index is 1.18. The van der Waals surface area contributed by atoms with Gasteiger partial charge in [-0.25, -0.2) is 0 Å². The van der Waals surface area contributed by atoms with Crippen molar-refractivity contribution < 1.29 is 0 Å². The quantitative estimate of drug-likeness (QED) is 0.134. The van der Waals surface area contributed by atoms with Crippen LogP contribution in [0.1, 0.15) is 0 Å². The van der Waals surface area contributed by atoms with E-state index in [1.54, 1.807) is 0 Å². The normalized spacial score (nSPS) is 11.3. The number of rotatable bonds is 8. The Morgan fingerprint density at radius 1 is 0.152 bits per heavy atom. The van der Waals surface area contributed by atoms with Crippen LogP contribution in [0.25, 0.3) is 121 Å². The van der Waals surface area contributed by atoms with E-state index in [9.17, 15) is 0 Å². The highest BCUT2D eigenvalue weighted by molar-refractivity contribution is 6.34. The maximum absolute atomic E-state index is 2.45. The summed E-state index contributed by atoms with van der Waals surface area (Å²) < 4.78 is 0. The Hall–Kier alpha value is -8.58. The molecule has 0 saturated heterocycles. The van der Waals surface area contributed by atoms with Crippen molar-refractivity contribution in [1.29, 1.82) is 0 Å². The average Bonchev–Trinajstić information content (AvgIpc) is 3.40. The van der Waals surface area contributed by atoms with Gasteiger partial charge in [-0.3, -0.25) is 0 Å². The van der Waals surface area contributed by atoms with Gasteiger partial charge in [0.05, 0.1) is 0 Å². The Labute approximate surface area is 386 Å². The first-order valence-corrected chi connectivity index (χ1v) is 22.8. The molecule has 0 aliphatic rings. The number of fused-ring (bicyclic) bond motifs is 3. The lowest BCUT2D eigenvalue weighted by molar-refractivity contribution is 1.57. The van der Waals surface area contributed by atoms with Crippen molar-refractivity contribution in [3.8, 4) is 89.0 Å². The molecule has 0 heterocycles. The molecule has 0 unspecified atom stereocenters. The molecule has 12 aromatic carbocycles. The van der Waals surface area contributed by atoms with Gasteiger partial charge in [0, 0.05) is 0 Å². The second-order valence-corrected chi connectivity index (χ2v) is 17.1. The Morgan fingerprint density at radius 2 is 0.379 bits per heavy atom. The van der Waals surface area contributed by atoms with E-state index in [-0.39, 0.29) is 0 Å². The SMILES string of the molecule is c1ccc(-c2ccc(-c3c4ccccc4c(-c4ccc(-c5ccccc5)c(-c5ccccc5)c4)c4c(-c5ccccc5)c5ccccc5c(-c5ccccc5)c34)cc2-c2ccccc2)cc1. The summed E-state index contributed by atoms with van der Waals surface area (Å²) in [5.41, 5.74) is 19.3. The molecule has 0 bridgehead atoms. The van der Waals surface area contributed by atoms with Gasteiger partial charge >= 0.3 is 0 Å². The Balaban J connectivity index is 1.31. The van der Waals surface area contributed by atoms with Gasteiger partial charge in [0.15, 0.2) is 0 Å². The predicted molar refractivity (Wildman–Crippen MR) is 282 cm³/mol. The fraction of sp³-hybridized carbons (Fsp3) is 0. The summed E-state index contributed by atoms with van der Waals surface area (Å²) in [7, 11) is 0. The number of hydrogen-bond acceptors (Lipinski definition) is 0. The maximum Gasteiger partial charge on any atom is -0.000139 e. The summed E-state index contributed by atoms with van der Waals surface area (Å²) in [6.07, 6.45) is 0. The molecule has 0 amide bonds. The van der Waals surface area contributed by atoms with Crippen LogP contribution >= 0.6 is 0 Å². The Morgan fingerprint density at radius 3 is 0.667 bits per heavy atom. The van der Waals surface area contributed by atoms with Gasteiger partial charge in [-0.05, 0) is 133 Å². The molecule has 0 spiro atoms. The Kier molecular flexibility index (Phi) is 9.97. The van der Waals surface area contributed by atoms with Crippen molar-refractivity contribution in [1.82, 2.24) is 0 Å². The monoisotopic (exact) mass is 836 g/mol. The summed E-state index contributed by atoms with van der Waals surface area (Å²) in [6, 6.07) is 98.0. The molecule has 66 heavy (non-hydrogen) atoms. The highest BCUT2D eigenvalue weighted by atomic mass is 14.3. The van der Waals surface area contributed by atoms with Crippen LogP contribution in [0.15, 0.2) is 267 Å². The highest BCUT2D eigenvalue weighted by Crippen LogP contribution is 2.54. The van der Waals surface area contributed by atoms with Crippen LogP contribution in [0.4, 0.5) is 0 Å². The third-order valence-corrected chi connectivity index (χ3v) is 13.3. The molecule has 0 aromatic heterocycles. The molecule has 12 aromatic rings. The van der Waals surface area contributed by atoms with Crippen molar-refractivity contribution in [3.05, 3.63) is 267 Å². The van der Waals surface area contributed by atoms with Crippen LogP contribution in [0, 0.1) is 0 Å². The molecule has 0 saturated carbocycles. The second kappa shape index (κ2) is 16.8. The van der Waals surface area contributed by atoms with E-state index in [1.807, 2.05) is 0 Å². The van der Waals surface area contributed by atoms with E-state index >= 15 is 0 Å². The van der Waals surface area contributed by atoms with E-state index in [2.05, 4.69) is 267 Å². The fourth-order valence-electron chi connectivity index (χ4n) is 10.4. The van der Waals surface area contributed by atoms with Crippen LogP contribution in [0.5, 0.6) is 0 Å². The zero-order chi connectivity index (χ0) is 43.8. The molecule has 0 aliphatic carbocycles. The standard InChI is InChI=1S/C66H44/c1-7-23-45(24-8-1)53-41-39-51(43-59(53)47-27-11-3-12-28-47)63-57-37-21-22-38-58(57)64(52-40-42-54(46-25-9-2-10-26-46)60(44-52)48-29-13-4-14-30-48)66-62(50-33-17-6-18-34-50)56-36-20-19-35-55(56)61(65(63)66)49-31-15-5-16-32-49/h1-44H. The molecular formula is C66H44. The van der Waals surface area contributed by atoms with Gasteiger partial charge in [0.25, 0.3) is 0 Å². The molecule has 0 N–H and O–H groups in total. The topological polar surface area (TPSA) is 0 Å². The van der Waals surface area contributed by atoms with Crippen LogP contribution in [-0.2, 0) is 0 Å². The molecule has 0 fully saturated rings. The predicted octanol–water partition coefficient (Wildman–Crippen LogP) is 18.5. The van der Waals surface area contributed by atoms with Gasteiger partial charge in [-0.1, -0.05) is 255 Å². The summed E-state index contributed by atoms with van der Waals surface area (Å²) in [6.45, 7) is 0. The summed E-state index contributed by atoms with van der Waals surface area (Å²) in [5.74, 6) is 0. The molecule has 12 rings (SSSR count). The van der Waals surface area contributed by atoms with Crippen LogP contribution in [0.2, 0.25) is 0 Å². The first-order valence-electron chi connectivity index (χ1n) is 22.8. The third kappa shape index (κ3) is 6.79. The molecule has 0 radical (unpaired) electrons. The molecular weight excluding hydrogens is 793 g/mol. The van der Waals surface area contributed by atoms with E-state index in [0.29, 0.717) is 0 Å². The van der Waals surface area contributed by atoms with Crippen molar-refractivity contribution in [3.63, 3.8) is 0 Å². The van der Waals surface area contributed by atoms with E-state index in [1.165, 1.54) is 121 Å². The molecule has 308 valence electrons. The average molecular weight is 837 g/mol. The van der Waals surface area contributed by atoms with Crippen molar-refractivity contribution in [2.24, 2.45) is 0 Å². The van der Waals surface area contributed by atoms with Gasteiger partial charge in [0.2, 0.25) is 0 Å². The number of hydrogen-bond donors (Lipinski definition) is 0. The molecule has 0 atom stereocenters. The molecule has 0 aliphatic heterocycles. The second-order valence-electron chi connectivity index (χ2n) is 17.1. The molecule has 0 nitrogen and oxygen atoms in total. The minimum absolute atomic E-state index is 1.18. The summed E-state index contributed by atoms with van der Waals surface area (Å²) in [5, 5.41) is 7.37. The van der Waals surface area contributed by atoms with E-state index in [4.69, 9.17) is 0 Å². The summed E-state index contributed by atoms with van der Waals surface area (Å²) in [4.78, 5) is 0. The van der Waals surface area contributed by atoms with Crippen molar-refractivity contribution in [2.45, 2.75) is 0 Å². The number of benzene rings is 12. The van der Waals surface area contributed by atoms with Crippen LogP contribution in [-0.4, -0.2) is 0 Å². The summed E-state index contributed by atoms with van der Waals surface area (Å²) >= 11 is 0. The van der Waals surface area contributed by atoms with Crippen molar-refractivity contribution >= 4 is 32.3 Å². The largest absolute Gasteiger partial charge is 0.0622 e. The van der Waals surface area contributed by atoms with Crippen LogP contribution in [0.3, 0.4) is 0 Å². The van der Waals surface area contributed by atoms with E-state index in [0.717, 1.165) is 0 Å². The zero-order valence-corrected chi connectivity index (χ0v) is 36.4. The lowest BCUT2D eigenvalue weighted by atomic mass is 9.77. The van der Waals surface area contributed by atoms with Gasteiger partial charge < -0.3 is 0 Å². The fourth-order valence-corrected chi connectivity index (χ4v) is 10.4. The van der Waals surface area contributed by atoms with Crippen LogP contribution < -0.4 is 0 Å². The van der Waals surface area contributed by atoms with Crippen molar-refractivity contribution in [2.75, 3.05) is 0 Å². The lowest BCUT2D eigenvalue weighted by Gasteiger charge is -2.26. The minimum Gasteiger partial charge on any atom is -0.0622 e. The first kappa shape index (κ1) is 39.0. The smallest absolute Gasteiger partial charge is 0.000139 e. The maximum atomic E-state index is 2.45. The highest BCUT2D eigenvalue weighted by Gasteiger charge is 2.27. The zero-order valence-electron chi connectivity index (χ0n) is 36.4. The first-order chi connectivity index (χ1) is 32.8. The van der Waals surface area contributed by atoms with Gasteiger partial charge in [0.1, 0.15) is 0 Å². The molecule has 0 heteroatoms. The third-order valence-electron chi connectivity index (χ3n) is 13.3.